The van der Waals surface area contributed by atoms with Gasteiger partial charge < -0.3 is 19.5 Å². The molecule has 0 radical (unpaired) electrons. The molecule has 2 fully saturated rings. The zero-order valence-corrected chi connectivity index (χ0v) is 19.1. The molecule has 0 aromatic heterocycles. The van der Waals surface area contributed by atoms with Gasteiger partial charge >= 0.3 is 6.09 Å². The number of benzene rings is 2. The smallest absolute Gasteiger partial charge is 0.418 e. The van der Waals surface area contributed by atoms with Gasteiger partial charge in [-0.2, -0.15) is 0 Å². The van der Waals surface area contributed by atoms with Crippen LogP contribution in [0.5, 0.6) is 11.5 Å². The van der Waals surface area contributed by atoms with Crippen molar-refractivity contribution in [1.82, 2.24) is 9.80 Å². The summed E-state index contributed by atoms with van der Waals surface area (Å²) in [5.74, 6) is 0.161. The molecule has 2 aromatic carbocycles. The number of phenolic OH excluding ortho intramolecular Hbond substituents is 1. The van der Waals surface area contributed by atoms with Crippen molar-refractivity contribution in [2.45, 2.75) is 38.5 Å². The molecule has 2 amide bonds. The van der Waals surface area contributed by atoms with E-state index in [-0.39, 0.29) is 17.8 Å². The van der Waals surface area contributed by atoms with Gasteiger partial charge in [-0.3, -0.25) is 9.69 Å². The van der Waals surface area contributed by atoms with E-state index in [1.165, 1.54) is 17.7 Å². The van der Waals surface area contributed by atoms with Gasteiger partial charge in [0, 0.05) is 31.9 Å². The minimum Gasteiger partial charge on any atom is -0.504 e. The molecule has 8 heteroatoms. The summed E-state index contributed by atoms with van der Waals surface area (Å²) in [7, 11) is 1.49. The van der Waals surface area contributed by atoms with Crippen LogP contribution < -0.4 is 9.64 Å². The number of aryl methyl sites for hydroxylation is 1. The maximum absolute atomic E-state index is 13.1. The predicted molar refractivity (Wildman–Crippen MR) is 124 cm³/mol. The fourth-order valence-electron chi connectivity index (χ4n) is 4.63. The Morgan fingerprint density at radius 1 is 1.09 bits per heavy atom. The van der Waals surface area contributed by atoms with Gasteiger partial charge in [-0.05, 0) is 49.1 Å². The standard InChI is InChI=1S/C25H31N3O5/c1-3-23(27-15-13-26(14-16-27)19-7-5-4-6-8-19)28-24(30)22(33-25(28)31)12-10-18-9-11-21(32-2)20(29)17-18/h4-9,11,17,22-23,29H,3,10,12-16H2,1-2H3. The number of ether oxygens (including phenoxy) is 2. The van der Waals surface area contributed by atoms with E-state index in [2.05, 4.69) is 21.9 Å². The molecule has 2 saturated heterocycles. The second kappa shape index (κ2) is 10.1. The largest absolute Gasteiger partial charge is 0.504 e. The Kier molecular flexibility index (Phi) is 7.03. The van der Waals surface area contributed by atoms with Crippen LogP contribution in [0.3, 0.4) is 0 Å². The monoisotopic (exact) mass is 453 g/mol. The number of piperazine rings is 1. The zero-order valence-electron chi connectivity index (χ0n) is 19.1. The highest BCUT2D eigenvalue weighted by molar-refractivity contribution is 6.00. The first-order valence-electron chi connectivity index (χ1n) is 11.5. The van der Waals surface area contributed by atoms with E-state index in [9.17, 15) is 14.7 Å². The van der Waals surface area contributed by atoms with Crippen molar-refractivity contribution in [3.8, 4) is 11.5 Å². The molecule has 0 bridgehead atoms. The summed E-state index contributed by atoms with van der Waals surface area (Å²) in [6.07, 6.45) is -0.169. The quantitative estimate of drug-likeness (QED) is 0.657. The minimum absolute atomic E-state index is 0.0482. The van der Waals surface area contributed by atoms with Crippen LogP contribution in [0.1, 0.15) is 25.3 Å². The van der Waals surface area contributed by atoms with E-state index < -0.39 is 12.2 Å². The Labute approximate surface area is 194 Å². The van der Waals surface area contributed by atoms with Crippen LogP contribution in [0.15, 0.2) is 48.5 Å². The molecule has 8 nitrogen and oxygen atoms in total. The molecule has 2 unspecified atom stereocenters. The lowest BCUT2D eigenvalue weighted by atomic mass is 10.1. The Balaban J connectivity index is 1.36. The Bertz CT molecular complexity index is 975. The summed E-state index contributed by atoms with van der Waals surface area (Å²) >= 11 is 0. The normalized spacial score (nSPS) is 20.1. The second-order valence-corrected chi connectivity index (χ2v) is 8.37. The number of amides is 2. The van der Waals surface area contributed by atoms with E-state index in [1.54, 1.807) is 12.1 Å². The molecule has 0 saturated carbocycles. The lowest BCUT2D eigenvalue weighted by Gasteiger charge is -2.41. The molecule has 2 heterocycles. The fraction of sp³-hybridized carbons (Fsp3) is 0.440. The molecule has 2 aliphatic heterocycles. The number of aromatic hydroxyl groups is 1. The highest BCUT2D eigenvalue weighted by Crippen LogP contribution is 2.29. The van der Waals surface area contributed by atoms with E-state index in [4.69, 9.17) is 9.47 Å². The molecule has 0 spiro atoms. The lowest BCUT2D eigenvalue weighted by molar-refractivity contribution is -0.134. The number of rotatable bonds is 8. The molecular weight excluding hydrogens is 422 g/mol. The lowest BCUT2D eigenvalue weighted by Crippen LogP contribution is -2.57. The highest BCUT2D eigenvalue weighted by atomic mass is 16.6. The number of para-hydroxylation sites is 1. The van der Waals surface area contributed by atoms with Gasteiger partial charge in [-0.1, -0.05) is 31.2 Å². The zero-order chi connectivity index (χ0) is 23.4. The number of imide groups is 1. The maximum Gasteiger partial charge on any atom is 0.418 e. The average molecular weight is 454 g/mol. The van der Waals surface area contributed by atoms with E-state index in [1.807, 2.05) is 31.2 Å². The van der Waals surface area contributed by atoms with E-state index >= 15 is 0 Å². The van der Waals surface area contributed by atoms with Gasteiger partial charge in [-0.15, -0.1) is 0 Å². The van der Waals surface area contributed by atoms with Crippen molar-refractivity contribution in [1.29, 1.82) is 0 Å². The van der Waals surface area contributed by atoms with Crippen LogP contribution in [0, 0.1) is 0 Å². The first-order valence-corrected chi connectivity index (χ1v) is 11.5. The number of hydrogen-bond acceptors (Lipinski definition) is 7. The van der Waals surface area contributed by atoms with Crippen LogP contribution in [0.4, 0.5) is 10.5 Å². The minimum atomic E-state index is -0.804. The third kappa shape index (κ3) is 4.90. The molecular formula is C25H31N3O5. The third-order valence-electron chi connectivity index (χ3n) is 6.41. The van der Waals surface area contributed by atoms with E-state index in [0.717, 1.165) is 31.7 Å². The Morgan fingerprint density at radius 2 is 1.82 bits per heavy atom. The molecule has 176 valence electrons. The van der Waals surface area contributed by atoms with Gasteiger partial charge in [0.15, 0.2) is 17.6 Å². The Morgan fingerprint density at radius 3 is 2.45 bits per heavy atom. The van der Waals surface area contributed by atoms with Crippen LogP contribution in [0.25, 0.3) is 0 Å². The van der Waals surface area contributed by atoms with Crippen molar-refractivity contribution in [3.63, 3.8) is 0 Å². The van der Waals surface area contributed by atoms with Crippen molar-refractivity contribution in [2.75, 3.05) is 38.2 Å². The van der Waals surface area contributed by atoms with Crippen molar-refractivity contribution >= 4 is 17.7 Å². The van der Waals surface area contributed by atoms with Crippen LogP contribution in [0.2, 0.25) is 0 Å². The van der Waals surface area contributed by atoms with Gasteiger partial charge in [0.25, 0.3) is 5.91 Å². The maximum atomic E-state index is 13.1. The van der Waals surface area contributed by atoms with Crippen LogP contribution in [-0.2, 0) is 16.0 Å². The van der Waals surface area contributed by atoms with Crippen LogP contribution in [-0.4, -0.2) is 72.5 Å². The average Bonchev–Trinajstić information content (AvgIpc) is 3.12. The summed E-state index contributed by atoms with van der Waals surface area (Å²) in [6.45, 7) is 5.19. The van der Waals surface area contributed by atoms with Crippen molar-refractivity contribution in [2.24, 2.45) is 0 Å². The first-order chi connectivity index (χ1) is 16.0. The van der Waals surface area contributed by atoms with Gasteiger partial charge in [0.2, 0.25) is 0 Å². The molecule has 2 aromatic rings. The summed E-state index contributed by atoms with van der Waals surface area (Å²) in [5.41, 5.74) is 2.03. The summed E-state index contributed by atoms with van der Waals surface area (Å²) in [5, 5.41) is 9.97. The number of methoxy groups -OCH3 is 1. The number of anilines is 1. The van der Waals surface area contributed by atoms with E-state index in [0.29, 0.717) is 25.0 Å². The summed E-state index contributed by atoms with van der Waals surface area (Å²) < 4.78 is 10.5. The van der Waals surface area contributed by atoms with Gasteiger partial charge in [-0.25, -0.2) is 9.69 Å². The van der Waals surface area contributed by atoms with Gasteiger partial charge in [0.1, 0.15) is 0 Å². The molecule has 1 N–H and O–H groups in total. The molecule has 0 aliphatic carbocycles. The Hall–Kier alpha value is -3.26. The first kappa shape index (κ1) is 22.9. The summed E-state index contributed by atoms with van der Waals surface area (Å²) in [6, 6.07) is 15.4. The van der Waals surface area contributed by atoms with Gasteiger partial charge in [0.05, 0.1) is 13.3 Å². The number of nitrogens with zero attached hydrogens (tertiary/aromatic N) is 3. The molecule has 33 heavy (non-hydrogen) atoms. The predicted octanol–water partition coefficient (Wildman–Crippen LogP) is 3.24. The molecule has 4 rings (SSSR count). The highest BCUT2D eigenvalue weighted by Gasteiger charge is 2.45. The van der Waals surface area contributed by atoms with Crippen LogP contribution >= 0.6 is 0 Å². The molecule has 2 aliphatic rings. The number of carbonyl (C=O) groups excluding carboxylic acids is 2. The fourth-order valence-corrected chi connectivity index (χ4v) is 4.63. The number of phenols is 1. The van der Waals surface area contributed by atoms with Crippen molar-refractivity contribution < 1.29 is 24.2 Å². The number of cyclic esters (lactones) is 1. The number of hydrogen-bond donors (Lipinski definition) is 1. The second-order valence-electron chi connectivity index (χ2n) is 8.37. The third-order valence-corrected chi connectivity index (χ3v) is 6.41. The SMILES string of the molecule is CCC(N1CCN(c2ccccc2)CC1)N1C(=O)OC(CCc2ccc(OC)c(O)c2)C1=O. The molecule has 2 atom stereocenters. The topological polar surface area (TPSA) is 82.6 Å². The number of carbonyl (C=O) groups is 2. The van der Waals surface area contributed by atoms with Crippen molar-refractivity contribution in [3.05, 3.63) is 54.1 Å². The summed E-state index contributed by atoms with van der Waals surface area (Å²) in [4.78, 5) is 31.6.